The monoisotopic (exact) mass is 354 g/mol. The van der Waals surface area contributed by atoms with Gasteiger partial charge in [-0.2, -0.15) is 5.10 Å². The number of carbonyl (C=O) groups excluding carboxylic acids is 1. The van der Waals surface area contributed by atoms with Crippen LogP contribution in [0.4, 0.5) is 5.82 Å². The first kappa shape index (κ1) is 15.4. The Morgan fingerprint density at radius 3 is 2.90 bits per heavy atom. The van der Waals surface area contributed by atoms with Crippen LogP contribution in [-0.2, 0) is 17.7 Å². The van der Waals surface area contributed by atoms with Gasteiger partial charge in [0.15, 0.2) is 11.5 Å². The third-order valence-electron chi connectivity index (χ3n) is 2.83. The molecule has 21 heavy (non-hydrogen) atoms. The highest BCUT2D eigenvalue weighted by atomic mass is 79.9. The Morgan fingerprint density at radius 1 is 1.38 bits per heavy atom. The summed E-state index contributed by atoms with van der Waals surface area (Å²) in [6.45, 7) is 0.674. The summed E-state index contributed by atoms with van der Waals surface area (Å²) in [4.78, 5) is 11.2. The van der Waals surface area contributed by atoms with E-state index >= 15 is 0 Å². The second kappa shape index (κ2) is 7.11. The summed E-state index contributed by atoms with van der Waals surface area (Å²) < 4.78 is 6.95. The molecule has 0 amide bonds. The lowest BCUT2D eigenvalue weighted by atomic mass is 10.2. The number of carbonyl (C=O) groups is 1. The SMILES string of the molecule is COC(=O)c1cn(CCCCc2cc(Br)c(N)nn2)nn1. The Hall–Kier alpha value is -2.03. The van der Waals surface area contributed by atoms with Gasteiger partial charge in [0.2, 0.25) is 0 Å². The molecule has 0 spiro atoms. The van der Waals surface area contributed by atoms with Crippen molar-refractivity contribution < 1.29 is 9.53 Å². The molecular formula is C12H15BrN6O2. The lowest BCUT2D eigenvalue weighted by Gasteiger charge is -2.02. The number of nitrogens with two attached hydrogens (primary N) is 1. The number of aryl methyl sites for hydroxylation is 2. The van der Waals surface area contributed by atoms with Crippen LogP contribution < -0.4 is 5.73 Å². The standard InChI is InChI=1S/C12H15BrN6O2/c1-21-12(20)10-7-19(18-16-10)5-3-2-4-8-6-9(13)11(14)17-15-8/h6-7H,2-5H2,1H3,(H2,14,17). The molecule has 0 atom stereocenters. The molecule has 0 radical (unpaired) electrons. The van der Waals surface area contributed by atoms with Crippen LogP contribution in [0.15, 0.2) is 16.7 Å². The number of aromatic nitrogens is 5. The predicted octanol–water partition coefficient (Wildman–Crippen LogP) is 1.22. The summed E-state index contributed by atoms with van der Waals surface area (Å²) >= 11 is 3.32. The Labute approximate surface area is 129 Å². The number of esters is 1. The topological polar surface area (TPSA) is 109 Å². The molecule has 8 nitrogen and oxygen atoms in total. The van der Waals surface area contributed by atoms with E-state index < -0.39 is 5.97 Å². The first-order valence-corrected chi connectivity index (χ1v) is 7.15. The third kappa shape index (κ3) is 4.22. The van der Waals surface area contributed by atoms with Gasteiger partial charge in [-0.25, -0.2) is 4.79 Å². The lowest BCUT2D eigenvalue weighted by molar-refractivity contribution is 0.0594. The zero-order valence-electron chi connectivity index (χ0n) is 11.5. The number of nitrogens with zero attached hydrogens (tertiary/aromatic N) is 5. The second-order valence-electron chi connectivity index (χ2n) is 4.38. The first-order chi connectivity index (χ1) is 10.1. The summed E-state index contributed by atoms with van der Waals surface area (Å²) in [6.07, 6.45) is 4.17. The molecule has 2 aromatic heterocycles. The average Bonchev–Trinajstić information content (AvgIpc) is 2.95. The molecule has 0 aromatic carbocycles. The zero-order valence-corrected chi connectivity index (χ0v) is 13.1. The number of rotatable bonds is 6. The van der Waals surface area contributed by atoms with Crippen LogP contribution in [-0.4, -0.2) is 38.3 Å². The van der Waals surface area contributed by atoms with Gasteiger partial charge in [-0.3, -0.25) is 4.68 Å². The molecule has 2 N–H and O–H groups in total. The molecule has 0 aliphatic heterocycles. The van der Waals surface area contributed by atoms with E-state index in [1.807, 2.05) is 6.07 Å². The Morgan fingerprint density at radius 2 is 2.19 bits per heavy atom. The summed E-state index contributed by atoms with van der Waals surface area (Å²) in [6, 6.07) is 1.87. The Bertz CT molecular complexity index is 630. The van der Waals surface area contributed by atoms with Crippen LogP contribution in [0.25, 0.3) is 0 Å². The maximum Gasteiger partial charge on any atom is 0.360 e. The van der Waals surface area contributed by atoms with Crippen LogP contribution in [0.1, 0.15) is 29.0 Å². The van der Waals surface area contributed by atoms with E-state index in [0.717, 1.165) is 29.4 Å². The number of hydrogen-bond acceptors (Lipinski definition) is 7. The molecule has 112 valence electrons. The molecule has 0 saturated carbocycles. The number of halogens is 1. The summed E-state index contributed by atoms with van der Waals surface area (Å²) in [5, 5.41) is 15.5. The van der Waals surface area contributed by atoms with Crippen molar-refractivity contribution in [2.75, 3.05) is 12.8 Å². The summed E-state index contributed by atoms with van der Waals surface area (Å²) in [5.74, 6) is -0.0973. The van der Waals surface area contributed by atoms with E-state index in [2.05, 4.69) is 41.2 Å². The highest BCUT2D eigenvalue weighted by Crippen LogP contribution is 2.16. The second-order valence-corrected chi connectivity index (χ2v) is 5.24. The minimum atomic E-state index is -0.483. The molecule has 0 aliphatic rings. The predicted molar refractivity (Wildman–Crippen MR) is 78.4 cm³/mol. The van der Waals surface area contributed by atoms with Crippen molar-refractivity contribution in [3.63, 3.8) is 0 Å². The normalized spacial score (nSPS) is 10.6. The van der Waals surface area contributed by atoms with E-state index in [-0.39, 0.29) is 5.69 Å². The van der Waals surface area contributed by atoms with Gasteiger partial charge in [0.1, 0.15) is 0 Å². The van der Waals surface area contributed by atoms with E-state index in [4.69, 9.17) is 5.73 Å². The first-order valence-electron chi connectivity index (χ1n) is 6.36. The van der Waals surface area contributed by atoms with E-state index in [1.165, 1.54) is 7.11 Å². The molecule has 0 saturated heterocycles. The number of anilines is 1. The van der Waals surface area contributed by atoms with Gasteiger partial charge in [0.25, 0.3) is 0 Å². The van der Waals surface area contributed by atoms with Crippen molar-refractivity contribution in [3.05, 3.63) is 28.1 Å². The minimum Gasteiger partial charge on any atom is -0.464 e. The van der Waals surface area contributed by atoms with Crippen molar-refractivity contribution >= 4 is 27.7 Å². The number of methoxy groups -OCH3 is 1. The van der Waals surface area contributed by atoms with Crippen molar-refractivity contribution in [2.24, 2.45) is 0 Å². The zero-order chi connectivity index (χ0) is 15.2. The van der Waals surface area contributed by atoms with Gasteiger partial charge in [-0.05, 0) is 41.3 Å². The van der Waals surface area contributed by atoms with Gasteiger partial charge in [0.05, 0.1) is 23.5 Å². The molecule has 9 heteroatoms. The average molecular weight is 355 g/mol. The Kier molecular flexibility index (Phi) is 5.20. The van der Waals surface area contributed by atoms with Crippen LogP contribution in [0, 0.1) is 0 Å². The van der Waals surface area contributed by atoms with Crippen LogP contribution >= 0.6 is 15.9 Å². The number of ether oxygens (including phenoxy) is 1. The Balaban J connectivity index is 1.78. The van der Waals surface area contributed by atoms with Gasteiger partial charge >= 0.3 is 5.97 Å². The molecule has 0 unspecified atom stereocenters. The van der Waals surface area contributed by atoms with Crippen molar-refractivity contribution in [2.45, 2.75) is 25.8 Å². The van der Waals surface area contributed by atoms with Gasteiger partial charge < -0.3 is 10.5 Å². The van der Waals surface area contributed by atoms with E-state index in [1.54, 1.807) is 10.9 Å². The fraction of sp³-hybridized carbons (Fsp3) is 0.417. The quantitative estimate of drug-likeness (QED) is 0.613. The fourth-order valence-electron chi connectivity index (χ4n) is 1.72. The molecule has 2 heterocycles. The van der Waals surface area contributed by atoms with Crippen molar-refractivity contribution in [1.82, 2.24) is 25.2 Å². The van der Waals surface area contributed by atoms with Crippen molar-refractivity contribution in [3.8, 4) is 0 Å². The van der Waals surface area contributed by atoms with Gasteiger partial charge in [0, 0.05) is 6.54 Å². The van der Waals surface area contributed by atoms with Crippen LogP contribution in [0.5, 0.6) is 0 Å². The number of unbranched alkanes of at least 4 members (excludes halogenated alkanes) is 1. The summed E-state index contributed by atoms with van der Waals surface area (Å²) in [7, 11) is 1.31. The van der Waals surface area contributed by atoms with E-state index in [9.17, 15) is 4.79 Å². The maximum absolute atomic E-state index is 11.2. The molecule has 0 bridgehead atoms. The number of nitrogen functional groups attached to an aromatic ring is 1. The minimum absolute atomic E-state index is 0.214. The smallest absolute Gasteiger partial charge is 0.360 e. The largest absolute Gasteiger partial charge is 0.464 e. The fourth-order valence-corrected chi connectivity index (χ4v) is 2.07. The molecule has 0 aliphatic carbocycles. The van der Waals surface area contributed by atoms with Crippen LogP contribution in [0.3, 0.4) is 0 Å². The van der Waals surface area contributed by atoms with Crippen LogP contribution in [0.2, 0.25) is 0 Å². The highest BCUT2D eigenvalue weighted by molar-refractivity contribution is 9.10. The van der Waals surface area contributed by atoms with Gasteiger partial charge in [-0.15, -0.1) is 10.2 Å². The molecular weight excluding hydrogens is 340 g/mol. The molecule has 0 fully saturated rings. The van der Waals surface area contributed by atoms with Gasteiger partial charge in [-0.1, -0.05) is 5.21 Å². The summed E-state index contributed by atoms with van der Waals surface area (Å²) in [5.41, 5.74) is 6.67. The molecule has 2 rings (SSSR count). The highest BCUT2D eigenvalue weighted by Gasteiger charge is 2.10. The third-order valence-corrected chi connectivity index (χ3v) is 3.46. The van der Waals surface area contributed by atoms with Crippen molar-refractivity contribution in [1.29, 1.82) is 0 Å². The maximum atomic E-state index is 11.2. The lowest BCUT2D eigenvalue weighted by Crippen LogP contribution is -2.02. The van der Waals surface area contributed by atoms with E-state index in [0.29, 0.717) is 12.4 Å². The molecule has 2 aromatic rings. The number of hydrogen-bond donors (Lipinski definition) is 1.